The van der Waals surface area contributed by atoms with Crippen molar-refractivity contribution in [3.8, 4) is 0 Å². The molecule has 7 heteroatoms. The molecule has 2 aromatic rings. The number of ether oxygens (including phenoxy) is 2. The van der Waals surface area contributed by atoms with E-state index < -0.39 is 5.43 Å². The molecule has 0 spiro atoms. The van der Waals surface area contributed by atoms with E-state index in [0.717, 1.165) is 37.8 Å². The highest BCUT2D eigenvalue weighted by atomic mass is 16.5. The van der Waals surface area contributed by atoms with E-state index in [1.807, 2.05) is 25.1 Å². The first-order valence-electron chi connectivity index (χ1n) is 14.3. The Kier molecular flexibility index (Phi) is 10.2. The second-order valence-corrected chi connectivity index (χ2v) is 11.1. The van der Waals surface area contributed by atoms with E-state index in [1.165, 1.54) is 32.1 Å². The summed E-state index contributed by atoms with van der Waals surface area (Å²) in [6.45, 7) is 4.74. The Morgan fingerprint density at radius 2 is 1.78 bits per heavy atom. The monoisotopic (exact) mass is 511 g/mol. The maximum Gasteiger partial charge on any atom is 0.253 e. The summed E-state index contributed by atoms with van der Waals surface area (Å²) in [5.74, 6) is 0.857. The van der Waals surface area contributed by atoms with Crippen molar-refractivity contribution in [3.63, 3.8) is 0 Å². The molecule has 2 aliphatic rings. The van der Waals surface area contributed by atoms with Crippen LogP contribution in [0, 0.1) is 11.8 Å². The minimum absolute atomic E-state index is 0.00748. The Labute approximate surface area is 221 Å². The Morgan fingerprint density at radius 1 is 1.03 bits per heavy atom. The lowest BCUT2D eigenvalue weighted by Gasteiger charge is -2.39. The van der Waals surface area contributed by atoms with Gasteiger partial charge < -0.3 is 25.4 Å². The van der Waals surface area contributed by atoms with Crippen LogP contribution < -0.4 is 26.8 Å². The molecule has 2 aromatic carbocycles. The molecular weight excluding hydrogens is 466 g/mol. The Bertz CT molecular complexity index is 1030. The lowest BCUT2D eigenvalue weighted by atomic mass is 9.83. The van der Waals surface area contributed by atoms with Crippen LogP contribution >= 0.6 is 0 Å². The molecule has 4 rings (SSSR count). The van der Waals surface area contributed by atoms with Gasteiger partial charge in [0.2, 0.25) is 0 Å². The number of hydrogen-bond acceptors (Lipinski definition) is 7. The van der Waals surface area contributed by atoms with E-state index in [4.69, 9.17) is 15.2 Å². The van der Waals surface area contributed by atoms with Gasteiger partial charge in [0.15, 0.2) is 0 Å². The molecule has 3 N–H and O–H groups in total. The number of anilines is 2. The predicted octanol–water partition coefficient (Wildman–Crippen LogP) is 4.39. The summed E-state index contributed by atoms with van der Waals surface area (Å²) in [5, 5.41) is 3.45. The van der Waals surface area contributed by atoms with Crippen LogP contribution in [-0.2, 0) is 9.47 Å². The summed E-state index contributed by atoms with van der Waals surface area (Å²) < 4.78 is 11.6. The van der Waals surface area contributed by atoms with Gasteiger partial charge in [-0.1, -0.05) is 62.4 Å². The second kappa shape index (κ2) is 13.5. The van der Waals surface area contributed by atoms with Gasteiger partial charge in [-0.3, -0.25) is 9.59 Å². The van der Waals surface area contributed by atoms with Crippen LogP contribution in [0.3, 0.4) is 0 Å². The smallest absolute Gasteiger partial charge is 0.253 e. The van der Waals surface area contributed by atoms with Gasteiger partial charge in [0.1, 0.15) is 11.4 Å². The summed E-state index contributed by atoms with van der Waals surface area (Å²) in [5.41, 5.74) is 7.76. The van der Waals surface area contributed by atoms with Crippen LogP contribution in [0.2, 0.25) is 0 Å². The van der Waals surface area contributed by atoms with Crippen molar-refractivity contribution >= 4 is 11.4 Å². The van der Waals surface area contributed by atoms with Gasteiger partial charge in [0.25, 0.3) is 10.9 Å². The standard InChI is InChI=1S/C30H45N3O4/c1-21(31)25(19-22-11-5-3-6-12-22)32-26-27(29(35)28(26)34)33-16-9-15-24(20-33)30(37-18-10-17-36-2)23-13-7-4-8-14-23/h4,7-8,13-14,21-22,24-25,30,32H,3,5-6,9-12,15-20,31H2,1-2H3/t21-,24-,25+,30+/m1/s1. The third kappa shape index (κ3) is 7.01. The molecule has 2 fully saturated rings. The molecule has 1 aliphatic carbocycles. The normalized spacial score (nSPS) is 21.6. The van der Waals surface area contributed by atoms with Crippen molar-refractivity contribution in [2.75, 3.05) is 43.6 Å². The van der Waals surface area contributed by atoms with Crippen molar-refractivity contribution in [2.45, 2.75) is 82.9 Å². The molecule has 1 saturated heterocycles. The molecule has 0 unspecified atom stereocenters. The number of rotatable bonds is 13. The first kappa shape index (κ1) is 27.8. The second-order valence-electron chi connectivity index (χ2n) is 11.1. The van der Waals surface area contributed by atoms with Crippen molar-refractivity contribution in [3.05, 3.63) is 56.3 Å². The molecule has 7 nitrogen and oxygen atoms in total. The van der Waals surface area contributed by atoms with Crippen molar-refractivity contribution in [1.29, 1.82) is 0 Å². The Morgan fingerprint density at radius 3 is 2.49 bits per heavy atom. The molecule has 37 heavy (non-hydrogen) atoms. The van der Waals surface area contributed by atoms with Crippen molar-refractivity contribution < 1.29 is 9.47 Å². The predicted molar refractivity (Wildman–Crippen MR) is 150 cm³/mol. The van der Waals surface area contributed by atoms with Crippen LogP contribution in [0.1, 0.15) is 76.4 Å². The fraction of sp³-hybridized carbons (Fsp3) is 0.667. The first-order chi connectivity index (χ1) is 18.0. The zero-order chi connectivity index (χ0) is 26.2. The highest BCUT2D eigenvalue weighted by Gasteiger charge is 2.35. The fourth-order valence-corrected chi connectivity index (χ4v) is 6.21. The minimum atomic E-state index is -0.401. The number of methoxy groups -OCH3 is 1. The lowest BCUT2D eigenvalue weighted by molar-refractivity contribution is -0.00235. The van der Waals surface area contributed by atoms with Crippen molar-refractivity contribution in [1.82, 2.24) is 0 Å². The van der Waals surface area contributed by atoms with E-state index in [9.17, 15) is 9.59 Å². The van der Waals surface area contributed by atoms with Gasteiger partial charge >= 0.3 is 0 Å². The van der Waals surface area contributed by atoms with Gasteiger partial charge in [0, 0.05) is 51.4 Å². The van der Waals surface area contributed by atoms with Gasteiger partial charge in [-0.25, -0.2) is 0 Å². The average Bonchev–Trinajstić information content (AvgIpc) is 2.93. The molecule has 1 heterocycles. The topological polar surface area (TPSA) is 93.9 Å². The third-order valence-electron chi connectivity index (χ3n) is 8.28. The van der Waals surface area contributed by atoms with E-state index in [1.54, 1.807) is 7.11 Å². The van der Waals surface area contributed by atoms with E-state index in [2.05, 4.69) is 22.3 Å². The first-order valence-corrected chi connectivity index (χ1v) is 14.3. The van der Waals surface area contributed by atoms with Crippen LogP contribution in [0.25, 0.3) is 0 Å². The Balaban J connectivity index is 1.48. The number of hydrogen-bond donors (Lipinski definition) is 2. The van der Waals surface area contributed by atoms with Crippen LogP contribution in [0.4, 0.5) is 11.4 Å². The molecule has 0 bridgehead atoms. The lowest BCUT2D eigenvalue weighted by Crippen LogP contribution is -2.50. The molecule has 0 radical (unpaired) electrons. The summed E-state index contributed by atoms with van der Waals surface area (Å²) >= 11 is 0. The molecule has 0 amide bonds. The zero-order valence-electron chi connectivity index (χ0n) is 22.6. The van der Waals surface area contributed by atoms with E-state index >= 15 is 0 Å². The quantitative estimate of drug-likeness (QED) is 0.304. The van der Waals surface area contributed by atoms with Crippen LogP contribution in [0.5, 0.6) is 0 Å². The number of piperidine rings is 1. The SMILES string of the molecule is COCCCO[C@@H](c1ccccc1)[C@@H]1CCCN(c2c(N[C@@H](CC3CCCCC3)[C@@H](C)N)c(=O)c2=O)C1. The van der Waals surface area contributed by atoms with Crippen molar-refractivity contribution in [2.24, 2.45) is 17.6 Å². The molecule has 1 aliphatic heterocycles. The number of nitrogens with zero attached hydrogens (tertiary/aromatic N) is 1. The summed E-state index contributed by atoms with van der Waals surface area (Å²) in [7, 11) is 1.70. The van der Waals surface area contributed by atoms with Gasteiger partial charge in [-0.2, -0.15) is 0 Å². The number of nitrogens with two attached hydrogens (primary N) is 1. The van der Waals surface area contributed by atoms with E-state index in [0.29, 0.717) is 37.1 Å². The van der Waals surface area contributed by atoms with Gasteiger partial charge in [-0.15, -0.1) is 0 Å². The number of nitrogens with one attached hydrogen (secondary N) is 1. The maximum absolute atomic E-state index is 12.8. The zero-order valence-corrected chi connectivity index (χ0v) is 22.6. The highest BCUT2D eigenvalue weighted by molar-refractivity contribution is 5.75. The largest absolute Gasteiger partial charge is 0.385 e. The van der Waals surface area contributed by atoms with Crippen LogP contribution in [0.15, 0.2) is 39.9 Å². The molecule has 4 atom stereocenters. The van der Waals surface area contributed by atoms with Gasteiger partial charge in [0.05, 0.1) is 6.10 Å². The fourth-order valence-electron chi connectivity index (χ4n) is 6.21. The maximum atomic E-state index is 12.8. The third-order valence-corrected chi connectivity index (χ3v) is 8.28. The van der Waals surface area contributed by atoms with Gasteiger partial charge in [-0.05, 0) is 44.1 Å². The summed E-state index contributed by atoms with van der Waals surface area (Å²) in [4.78, 5) is 27.7. The number of benzene rings is 1. The molecule has 1 saturated carbocycles. The molecule has 204 valence electrons. The average molecular weight is 512 g/mol. The molecule has 0 aromatic heterocycles. The highest BCUT2D eigenvalue weighted by Crippen LogP contribution is 2.36. The summed E-state index contributed by atoms with van der Waals surface area (Å²) in [6, 6.07) is 10.2. The molecular formula is C30H45N3O4. The minimum Gasteiger partial charge on any atom is -0.385 e. The van der Waals surface area contributed by atoms with Crippen LogP contribution in [-0.4, -0.2) is 45.5 Å². The summed E-state index contributed by atoms with van der Waals surface area (Å²) in [6.07, 6.45) is 9.99. The Hall–Kier alpha value is -2.22. The van der Waals surface area contributed by atoms with E-state index in [-0.39, 0.29) is 29.5 Å².